The third-order valence-electron chi connectivity index (χ3n) is 4.60. The van der Waals surface area contributed by atoms with Gasteiger partial charge in [-0.3, -0.25) is 9.55 Å². The first-order valence-electron chi connectivity index (χ1n) is 8.40. The van der Waals surface area contributed by atoms with Gasteiger partial charge in [0.2, 0.25) is 0 Å². The van der Waals surface area contributed by atoms with Gasteiger partial charge in [0.15, 0.2) is 0 Å². The Morgan fingerprint density at radius 1 is 0.741 bits per heavy atom. The van der Waals surface area contributed by atoms with Gasteiger partial charge in [0.05, 0.1) is 11.2 Å². The van der Waals surface area contributed by atoms with Crippen LogP contribution < -0.4 is 74.0 Å². The molecule has 27 heavy (non-hydrogen) atoms. The van der Waals surface area contributed by atoms with Crippen LogP contribution in [-0.2, 0) is 0 Å². The second kappa shape index (κ2) is 7.79. The van der Waals surface area contributed by atoms with Crippen LogP contribution >= 0.6 is 0 Å². The van der Waals surface area contributed by atoms with Gasteiger partial charge in [0, 0.05) is 28.9 Å². The smallest absolute Gasteiger partial charge is 0.872 e. The summed E-state index contributed by atoms with van der Waals surface area (Å²) < 4.78 is 2.09. The van der Waals surface area contributed by atoms with E-state index in [2.05, 4.69) is 32.7 Å². The van der Waals surface area contributed by atoms with Crippen LogP contribution in [-0.4, -0.2) is 14.5 Å². The number of hydrogen-bond acceptors (Lipinski definition) is 3. The summed E-state index contributed by atoms with van der Waals surface area (Å²) in [6, 6.07) is 23.1. The van der Waals surface area contributed by atoms with Crippen LogP contribution in [0, 0.1) is 0 Å². The number of fused-ring (bicyclic) bond motifs is 3. The summed E-state index contributed by atoms with van der Waals surface area (Å²) >= 11 is 0. The van der Waals surface area contributed by atoms with E-state index < -0.39 is 0 Å². The predicted molar refractivity (Wildman–Crippen MR) is 101 cm³/mol. The molecule has 4 nitrogen and oxygen atoms in total. The Morgan fingerprint density at radius 3 is 2.37 bits per heavy atom. The molecular weight excluding hydrogens is 455 g/mol. The van der Waals surface area contributed by atoms with Gasteiger partial charge in [-0.15, -0.1) is 0 Å². The molecule has 0 saturated heterocycles. The van der Waals surface area contributed by atoms with Crippen molar-refractivity contribution in [3.05, 3.63) is 85.2 Å². The van der Waals surface area contributed by atoms with Gasteiger partial charge < -0.3 is 5.11 Å². The Kier molecular flexibility index (Phi) is 5.41. The van der Waals surface area contributed by atoms with Gasteiger partial charge in [0.25, 0.3) is 0 Å². The van der Waals surface area contributed by atoms with E-state index in [0.717, 1.165) is 27.6 Å². The van der Waals surface area contributed by atoms with E-state index >= 15 is 0 Å². The normalized spacial score (nSPS) is 10.8. The first-order valence-corrected chi connectivity index (χ1v) is 8.40. The second-order valence-electron chi connectivity index (χ2n) is 6.12. The Morgan fingerprint density at radius 2 is 1.52 bits per heavy atom. The molecule has 0 aliphatic heterocycles. The van der Waals surface area contributed by atoms with Crippen molar-refractivity contribution in [2.24, 2.45) is 0 Å². The number of aromatic nitrogens is 3. The minimum Gasteiger partial charge on any atom is -0.872 e. The van der Waals surface area contributed by atoms with Gasteiger partial charge in [-0.1, -0.05) is 36.1 Å². The molecule has 5 aromatic rings. The van der Waals surface area contributed by atoms with Crippen molar-refractivity contribution in [1.29, 1.82) is 0 Å². The molecule has 0 spiro atoms. The van der Waals surface area contributed by atoms with Crippen LogP contribution in [0.3, 0.4) is 0 Å². The number of rotatable bonds is 2. The fraction of sp³-hybridized carbons (Fsp3) is 0. The third kappa shape index (κ3) is 3.24. The Balaban J connectivity index is 0.00000180. The zero-order valence-electron chi connectivity index (χ0n) is 14.8. The number of hydrogen-bond donors (Lipinski definition) is 0. The molecule has 0 bridgehead atoms. The number of pyridine rings is 2. The van der Waals surface area contributed by atoms with Crippen molar-refractivity contribution in [3.8, 4) is 22.7 Å². The maximum Gasteiger partial charge on any atom is 1.00 e. The maximum atomic E-state index is 12.4. The summed E-state index contributed by atoms with van der Waals surface area (Å²) in [5.74, 6) is -0.0406. The first-order chi connectivity index (χ1) is 12.8. The molecule has 2 aromatic carbocycles. The van der Waals surface area contributed by atoms with Crippen molar-refractivity contribution < 1.29 is 74.0 Å². The molecule has 5 heteroatoms. The van der Waals surface area contributed by atoms with E-state index in [1.165, 1.54) is 0 Å². The van der Waals surface area contributed by atoms with E-state index in [1.54, 1.807) is 18.5 Å². The molecule has 0 aliphatic carbocycles. The Labute approximate surface area is 215 Å². The first kappa shape index (κ1) is 18.7. The summed E-state index contributed by atoms with van der Waals surface area (Å²) in [5, 5.41) is 14.6. The van der Waals surface area contributed by atoms with Crippen LogP contribution in [0.4, 0.5) is 0 Å². The molecule has 3 aromatic heterocycles. The largest absolute Gasteiger partial charge is 1.00 e. The topological polar surface area (TPSA) is 53.8 Å². The molecule has 0 N–H and O–H groups in total. The minimum absolute atomic E-state index is 0. The number of benzene rings is 2. The summed E-state index contributed by atoms with van der Waals surface area (Å²) in [7, 11) is 0. The number of nitrogens with zero attached hydrogens (tertiary/aromatic N) is 3. The van der Waals surface area contributed by atoms with E-state index in [0.29, 0.717) is 11.3 Å². The molecular formula is C22H14CsN3O. The molecule has 0 radical (unpaired) electrons. The second-order valence-corrected chi connectivity index (χ2v) is 6.12. The van der Waals surface area contributed by atoms with E-state index in [4.69, 9.17) is 0 Å². The fourth-order valence-electron chi connectivity index (χ4n) is 3.44. The molecule has 124 valence electrons. The van der Waals surface area contributed by atoms with Crippen molar-refractivity contribution >= 4 is 21.9 Å². The Bertz CT molecular complexity index is 1200. The SMILES string of the molecule is [Cs+].[O-]c1ccc(-n2c3ccccc3c3cccnc32)cc1-c1ccccn1. The summed E-state index contributed by atoms with van der Waals surface area (Å²) in [6.45, 7) is 0. The van der Waals surface area contributed by atoms with Crippen LogP contribution in [0.2, 0.25) is 0 Å². The van der Waals surface area contributed by atoms with Gasteiger partial charge >= 0.3 is 68.9 Å². The molecule has 0 unspecified atom stereocenters. The molecule has 0 atom stereocenters. The van der Waals surface area contributed by atoms with Crippen molar-refractivity contribution in [2.75, 3.05) is 0 Å². The molecule has 0 fully saturated rings. The monoisotopic (exact) mass is 469 g/mol. The average Bonchev–Trinajstić information content (AvgIpc) is 3.04. The predicted octanol–water partition coefficient (Wildman–Crippen LogP) is 1.32. The van der Waals surface area contributed by atoms with Crippen LogP contribution in [0.5, 0.6) is 5.75 Å². The third-order valence-corrected chi connectivity index (χ3v) is 4.60. The maximum absolute atomic E-state index is 12.4. The van der Waals surface area contributed by atoms with Gasteiger partial charge in [-0.25, -0.2) is 4.98 Å². The minimum atomic E-state index is -0.0406. The van der Waals surface area contributed by atoms with Crippen LogP contribution in [0.25, 0.3) is 38.9 Å². The van der Waals surface area contributed by atoms with E-state index in [9.17, 15) is 5.11 Å². The Hall–Kier alpha value is -1.61. The summed E-state index contributed by atoms with van der Waals surface area (Å²) in [4.78, 5) is 8.92. The van der Waals surface area contributed by atoms with Gasteiger partial charge in [-0.05, 0) is 48.0 Å². The zero-order valence-corrected chi connectivity index (χ0v) is 21.1. The van der Waals surface area contributed by atoms with E-state index in [1.807, 2.05) is 48.5 Å². The fourth-order valence-corrected chi connectivity index (χ4v) is 3.44. The molecule has 0 amide bonds. The van der Waals surface area contributed by atoms with Crippen LogP contribution in [0.1, 0.15) is 0 Å². The van der Waals surface area contributed by atoms with Crippen molar-refractivity contribution in [2.45, 2.75) is 0 Å². The summed E-state index contributed by atoms with van der Waals surface area (Å²) in [6.07, 6.45) is 3.49. The molecule has 0 aliphatic rings. The standard InChI is InChI=1S/C22H15N3O.Cs/c26-21-11-10-15(14-18(21)19-8-3-4-12-23-19)25-20-9-2-1-6-16(20)17-7-5-13-24-22(17)25;/h1-14,26H;/q;+1/p-1. The van der Waals surface area contributed by atoms with E-state index in [-0.39, 0.29) is 74.6 Å². The van der Waals surface area contributed by atoms with Crippen molar-refractivity contribution in [3.63, 3.8) is 0 Å². The zero-order chi connectivity index (χ0) is 17.5. The van der Waals surface area contributed by atoms with Crippen molar-refractivity contribution in [1.82, 2.24) is 14.5 Å². The molecule has 5 rings (SSSR count). The quantitative estimate of drug-likeness (QED) is 0.392. The van der Waals surface area contributed by atoms with Gasteiger partial charge in [0.1, 0.15) is 5.65 Å². The average molecular weight is 469 g/mol. The number of para-hydroxylation sites is 1. The van der Waals surface area contributed by atoms with Gasteiger partial charge in [-0.2, -0.15) is 0 Å². The molecule has 3 heterocycles. The molecule has 0 saturated carbocycles. The summed E-state index contributed by atoms with van der Waals surface area (Å²) in [5.41, 5.74) is 4.10. The van der Waals surface area contributed by atoms with Crippen LogP contribution in [0.15, 0.2) is 85.2 Å².